The molecular weight excluding hydrogens is 330 g/mol. The maximum atomic E-state index is 11.5. The Kier molecular flexibility index (Phi) is 7.05. The molecule has 2 aliphatic rings. The van der Waals surface area contributed by atoms with Crippen molar-refractivity contribution in [1.82, 2.24) is 9.80 Å². The van der Waals surface area contributed by atoms with Crippen molar-refractivity contribution in [3.63, 3.8) is 0 Å². The van der Waals surface area contributed by atoms with Crippen LogP contribution in [0.4, 0.5) is 5.69 Å². The van der Waals surface area contributed by atoms with E-state index in [1.807, 2.05) is 41.4 Å². The minimum absolute atomic E-state index is 0.238. The maximum absolute atomic E-state index is 11.5. The van der Waals surface area contributed by atoms with Gasteiger partial charge in [0, 0.05) is 51.0 Å². The van der Waals surface area contributed by atoms with Crippen LogP contribution in [-0.4, -0.2) is 81.7 Å². The Bertz CT molecular complexity index is 595. The van der Waals surface area contributed by atoms with Crippen molar-refractivity contribution in [1.29, 1.82) is 0 Å². The summed E-state index contributed by atoms with van der Waals surface area (Å²) >= 11 is 0. The van der Waals surface area contributed by atoms with E-state index in [4.69, 9.17) is 9.47 Å². The minimum atomic E-state index is 0.238. The molecule has 6 nitrogen and oxygen atoms in total. The lowest BCUT2D eigenvalue weighted by Gasteiger charge is -2.32. The van der Waals surface area contributed by atoms with E-state index in [0.717, 1.165) is 50.8 Å². The van der Waals surface area contributed by atoms with Crippen LogP contribution in [0.15, 0.2) is 36.5 Å². The van der Waals surface area contributed by atoms with E-state index in [-0.39, 0.29) is 5.78 Å². The highest BCUT2D eigenvalue weighted by Crippen LogP contribution is 2.21. The number of hydrogen-bond acceptors (Lipinski definition) is 6. The second kappa shape index (κ2) is 9.71. The van der Waals surface area contributed by atoms with Crippen molar-refractivity contribution in [2.24, 2.45) is 0 Å². The zero-order chi connectivity index (χ0) is 18.2. The average molecular weight is 359 g/mol. The van der Waals surface area contributed by atoms with E-state index in [9.17, 15) is 4.79 Å². The number of benzene rings is 1. The molecule has 6 heteroatoms. The summed E-state index contributed by atoms with van der Waals surface area (Å²) in [6.07, 6.45) is 4.40. The molecule has 26 heavy (non-hydrogen) atoms. The monoisotopic (exact) mass is 359 g/mol. The van der Waals surface area contributed by atoms with Gasteiger partial charge < -0.3 is 19.3 Å². The molecule has 0 atom stereocenters. The molecule has 2 aliphatic heterocycles. The second-order valence-corrected chi connectivity index (χ2v) is 6.86. The number of hydrogen-bond donors (Lipinski definition) is 0. The fourth-order valence-electron chi connectivity index (χ4n) is 3.12. The molecular formula is C20H29N3O3. The van der Waals surface area contributed by atoms with E-state index in [2.05, 4.69) is 16.8 Å². The number of nitrogens with zero attached hydrogens (tertiary/aromatic N) is 3. The third-order valence-corrected chi connectivity index (χ3v) is 4.79. The van der Waals surface area contributed by atoms with E-state index in [1.54, 1.807) is 0 Å². The first kappa shape index (κ1) is 18.9. The first-order valence-electron chi connectivity index (χ1n) is 9.37. The number of ether oxygens (including phenoxy) is 2. The van der Waals surface area contributed by atoms with Crippen molar-refractivity contribution in [2.45, 2.75) is 6.42 Å². The number of rotatable bonds is 8. The third-order valence-electron chi connectivity index (χ3n) is 4.79. The first-order chi connectivity index (χ1) is 12.7. The lowest BCUT2D eigenvalue weighted by molar-refractivity contribution is -0.117. The van der Waals surface area contributed by atoms with Gasteiger partial charge in [-0.3, -0.25) is 9.69 Å². The standard InChI is InChI=1S/C20H29N3O3/c1-21-9-11-22(12-10-21)13-14-25-15-16-26-20-6-4-18(5-7-20)23-8-2-3-19(24)17-23/h2,4-8H,3,9-17H2,1H3. The fraction of sp³-hybridized carbons (Fsp3) is 0.550. The molecule has 0 aliphatic carbocycles. The van der Waals surface area contributed by atoms with Crippen LogP contribution in [0.5, 0.6) is 5.75 Å². The topological polar surface area (TPSA) is 45.2 Å². The number of carbonyl (C=O) groups excluding carboxylic acids is 1. The van der Waals surface area contributed by atoms with E-state index >= 15 is 0 Å². The number of ketones is 1. The van der Waals surface area contributed by atoms with Crippen LogP contribution in [0.3, 0.4) is 0 Å². The molecule has 142 valence electrons. The Balaban J connectivity index is 1.29. The van der Waals surface area contributed by atoms with Gasteiger partial charge in [-0.1, -0.05) is 6.08 Å². The first-order valence-corrected chi connectivity index (χ1v) is 9.37. The molecule has 1 saturated heterocycles. The number of anilines is 1. The predicted octanol–water partition coefficient (Wildman–Crippen LogP) is 1.62. The molecule has 0 radical (unpaired) electrons. The quantitative estimate of drug-likeness (QED) is 0.658. The van der Waals surface area contributed by atoms with Crippen molar-refractivity contribution in [3.8, 4) is 5.75 Å². The Labute approximate surface area is 156 Å². The lowest BCUT2D eigenvalue weighted by Crippen LogP contribution is -2.45. The summed E-state index contributed by atoms with van der Waals surface area (Å²) in [5, 5.41) is 0. The minimum Gasteiger partial charge on any atom is -0.491 e. The summed E-state index contributed by atoms with van der Waals surface area (Å²) in [7, 11) is 2.17. The normalized spacial score (nSPS) is 19.1. The maximum Gasteiger partial charge on any atom is 0.156 e. The molecule has 3 rings (SSSR count). The molecule has 0 bridgehead atoms. The van der Waals surface area contributed by atoms with Crippen LogP contribution in [0.1, 0.15) is 6.42 Å². The SMILES string of the molecule is CN1CCN(CCOCCOc2ccc(N3C=CCC(=O)C3)cc2)CC1. The highest BCUT2D eigenvalue weighted by atomic mass is 16.5. The fourth-order valence-corrected chi connectivity index (χ4v) is 3.12. The molecule has 1 fully saturated rings. The van der Waals surface area contributed by atoms with Gasteiger partial charge in [-0.15, -0.1) is 0 Å². The number of carbonyl (C=O) groups is 1. The van der Waals surface area contributed by atoms with E-state index in [0.29, 0.717) is 26.2 Å². The van der Waals surface area contributed by atoms with Crippen LogP contribution in [0.25, 0.3) is 0 Å². The zero-order valence-electron chi connectivity index (χ0n) is 15.6. The summed E-state index contributed by atoms with van der Waals surface area (Å²) in [5.41, 5.74) is 1.00. The third kappa shape index (κ3) is 5.83. The van der Waals surface area contributed by atoms with E-state index < -0.39 is 0 Å². The molecule has 1 aromatic carbocycles. The Morgan fingerprint density at radius 2 is 1.77 bits per heavy atom. The summed E-state index contributed by atoms with van der Waals surface area (Å²) in [6, 6.07) is 7.83. The van der Waals surface area contributed by atoms with Crippen LogP contribution in [0, 0.1) is 0 Å². The van der Waals surface area contributed by atoms with Gasteiger partial charge in [0.2, 0.25) is 0 Å². The van der Waals surface area contributed by atoms with Gasteiger partial charge >= 0.3 is 0 Å². The van der Waals surface area contributed by atoms with Gasteiger partial charge in [-0.05, 0) is 31.3 Å². The smallest absolute Gasteiger partial charge is 0.156 e. The summed E-state index contributed by atoms with van der Waals surface area (Å²) in [4.78, 5) is 18.3. The highest BCUT2D eigenvalue weighted by molar-refractivity contribution is 5.86. The number of piperazine rings is 1. The van der Waals surface area contributed by atoms with Gasteiger partial charge in [0.1, 0.15) is 12.4 Å². The predicted molar refractivity (Wildman–Crippen MR) is 103 cm³/mol. The van der Waals surface area contributed by atoms with Crippen molar-refractivity contribution in [2.75, 3.05) is 71.0 Å². The largest absolute Gasteiger partial charge is 0.491 e. The van der Waals surface area contributed by atoms with Gasteiger partial charge in [0.15, 0.2) is 5.78 Å². The Hall–Kier alpha value is -1.89. The molecule has 0 N–H and O–H groups in total. The van der Waals surface area contributed by atoms with Crippen molar-refractivity contribution in [3.05, 3.63) is 36.5 Å². The lowest BCUT2D eigenvalue weighted by atomic mass is 10.2. The summed E-state index contributed by atoms with van der Waals surface area (Å²) < 4.78 is 11.4. The van der Waals surface area contributed by atoms with Gasteiger partial charge in [0.05, 0.1) is 19.8 Å². The number of Topliss-reactive ketones (excluding diaryl/α,β-unsaturated/α-hetero) is 1. The molecule has 0 saturated carbocycles. The second-order valence-electron chi connectivity index (χ2n) is 6.86. The van der Waals surface area contributed by atoms with Gasteiger partial charge in [-0.25, -0.2) is 0 Å². The van der Waals surface area contributed by atoms with Crippen LogP contribution >= 0.6 is 0 Å². The van der Waals surface area contributed by atoms with Crippen LogP contribution in [-0.2, 0) is 9.53 Å². The summed E-state index contributed by atoms with van der Waals surface area (Å²) in [6.45, 7) is 7.86. The molecule has 0 aromatic heterocycles. The van der Waals surface area contributed by atoms with Gasteiger partial charge in [0.25, 0.3) is 0 Å². The Morgan fingerprint density at radius 1 is 1.00 bits per heavy atom. The summed E-state index contributed by atoms with van der Waals surface area (Å²) in [5.74, 6) is 1.06. The van der Waals surface area contributed by atoms with Crippen molar-refractivity contribution >= 4 is 11.5 Å². The molecule has 0 amide bonds. The average Bonchev–Trinajstić information content (AvgIpc) is 2.66. The molecule has 0 unspecified atom stereocenters. The molecule has 2 heterocycles. The van der Waals surface area contributed by atoms with Crippen molar-refractivity contribution < 1.29 is 14.3 Å². The van der Waals surface area contributed by atoms with Crippen LogP contribution < -0.4 is 9.64 Å². The molecule has 0 spiro atoms. The number of allylic oxidation sites excluding steroid dienone is 1. The number of likely N-dealkylation sites (N-methyl/N-ethyl adjacent to an activating group) is 1. The molecule has 1 aromatic rings. The van der Waals surface area contributed by atoms with Crippen LogP contribution in [0.2, 0.25) is 0 Å². The van der Waals surface area contributed by atoms with Gasteiger partial charge in [-0.2, -0.15) is 0 Å². The zero-order valence-corrected chi connectivity index (χ0v) is 15.6. The Morgan fingerprint density at radius 3 is 2.50 bits per heavy atom. The van der Waals surface area contributed by atoms with E-state index in [1.165, 1.54) is 0 Å². The highest BCUT2D eigenvalue weighted by Gasteiger charge is 2.13.